The number of hydrogen-bond acceptors (Lipinski definition) is 3. The van der Waals surface area contributed by atoms with Crippen LogP contribution in [0.4, 0.5) is 17.1 Å². The van der Waals surface area contributed by atoms with Gasteiger partial charge in [0.1, 0.15) is 0 Å². The van der Waals surface area contributed by atoms with Crippen LogP contribution in [0, 0.1) is 40.9 Å². The lowest BCUT2D eigenvalue weighted by molar-refractivity contribution is -0.122. The second kappa shape index (κ2) is 14.2. The van der Waals surface area contributed by atoms with Gasteiger partial charge in [-0.3, -0.25) is 14.4 Å². The van der Waals surface area contributed by atoms with Gasteiger partial charge in [-0.15, -0.1) is 0 Å². The minimum absolute atomic E-state index is 0.00705. The number of carbonyl (C=O) groups is 3. The predicted molar refractivity (Wildman–Crippen MR) is 169 cm³/mol. The van der Waals surface area contributed by atoms with Gasteiger partial charge in [0.2, 0.25) is 17.7 Å². The molecule has 3 aliphatic carbocycles. The van der Waals surface area contributed by atoms with Crippen LogP contribution in [-0.2, 0) is 14.4 Å². The molecule has 3 aliphatic rings. The normalized spacial score (nSPS) is 28.9. The van der Waals surface area contributed by atoms with Crippen LogP contribution in [-0.4, -0.2) is 17.7 Å². The number of hydrogen-bond donors (Lipinski definition) is 3. The minimum Gasteiger partial charge on any atom is -0.326 e. The van der Waals surface area contributed by atoms with Gasteiger partial charge in [0.05, 0.1) is 0 Å². The molecule has 6 nitrogen and oxygen atoms in total. The van der Waals surface area contributed by atoms with E-state index in [1.807, 2.05) is 18.2 Å². The van der Waals surface area contributed by atoms with E-state index in [0.717, 1.165) is 88.9 Å². The van der Waals surface area contributed by atoms with Crippen molar-refractivity contribution in [3.8, 4) is 0 Å². The zero-order valence-electron chi connectivity index (χ0n) is 26.3. The molecule has 41 heavy (non-hydrogen) atoms. The topological polar surface area (TPSA) is 87.3 Å². The SMILES string of the molecule is CC[C@H]1CC[C@@H](C(=O)Nc2cc(NC(=O)[C@H]3CC[C@@H](CC)CC3)cc(NC(=O)[C@H]3CC[C@H](C(C)(C)C)CC3)c2)CC1. The van der Waals surface area contributed by atoms with Crippen molar-refractivity contribution in [1.82, 2.24) is 0 Å². The van der Waals surface area contributed by atoms with Crippen molar-refractivity contribution in [2.45, 2.75) is 125 Å². The molecule has 0 spiro atoms. The van der Waals surface area contributed by atoms with Crippen molar-refractivity contribution < 1.29 is 14.4 Å². The van der Waals surface area contributed by atoms with Crippen molar-refractivity contribution in [2.75, 3.05) is 16.0 Å². The molecule has 6 heteroatoms. The molecule has 0 unspecified atom stereocenters. The van der Waals surface area contributed by atoms with Gasteiger partial charge in [-0.25, -0.2) is 0 Å². The fourth-order valence-corrected chi connectivity index (χ4v) is 7.46. The molecule has 3 amide bonds. The fourth-order valence-electron chi connectivity index (χ4n) is 7.46. The van der Waals surface area contributed by atoms with Gasteiger partial charge in [0, 0.05) is 34.8 Å². The number of amides is 3. The van der Waals surface area contributed by atoms with Gasteiger partial charge in [0.25, 0.3) is 0 Å². The molecule has 0 radical (unpaired) electrons. The third kappa shape index (κ3) is 8.81. The van der Waals surface area contributed by atoms with Crippen molar-refractivity contribution in [3.63, 3.8) is 0 Å². The van der Waals surface area contributed by atoms with Gasteiger partial charge in [-0.2, -0.15) is 0 Å². The Morgan fingerprint density at radius 1 is 0.561 bits per heavy atom. The molecule has 3 saturated carbocycles. The van der Waals surface area contributed by atoms with E-state index in [1.165, 1.54) is 12.8 Å². The number of nitrogens with one attached hydrogen (secondary N) is 3. The van der Waals surface area contributed by atoms with E-state index < -0.39 is 0 Å². The van der Waals surface area contributed by atoms with Gasteiger partial charge in [-0.05, 0) is 118 Å². The zero-order valence-corrected chi connectivity index (χ0v) is 26.3. The highest BCUT2D eigenvalue weighted by atomic mass is 16.2. The number of carbonyl (C=O) groups excluding carboxylic acids is 3. The van der Waals surface area contributed by atoms with Gasteiger partial charge in [0.15, 0.2) is 0 Å². The van der Waals surface area contributed by atoms with Crippen LogP contribution in [0.15, 0.2) is 18.2 Å². The first-order valence-electron chi connectivity index (χ1n) is 16.6. The molecule has 0 atom stereocenters. The molecule has 3 fully saturated rings. The maximum absolute atomic E-state index is 13.3. The number of benzene rings is 1. The molecule has 3 N–H and O–H groups in total. The first-order chi connectivity index (χ1) is 19.5. The fraction of sp³-hybridized carbons (Fsp3) is 0.743. The Labute approximate surface area is 248 Å². The Morgan fingerprint density at radius 3 is 1.12 bits per heavy atom. The summed E-state index contributed by atoms with van der Waals surface area (Å²) >= 11 is 0. The van der Waals surface area contributed by atoms with Crippen molar-refractivity contribution in [1.29, 1.82) is 0 Å². The molecule has 0 aromatic heterocycles. The van der Waals surface area contributed by atoms with Crippen LogP contribution in [0.5, 0.6) is 0 Å². The first-order valence-corrected chi connectivity index (χ1v) is 16.6. The Balaban J connectivity index is 1.45. The molecule has 0 saturated heterocycles. The average molecular weight is 566 g/mol. The quantitative estimate of drug-likeness (QED) is 0.294. The van der Waals surface area contributed by atoms with Gasteiger partial charge < -0.3 is 16.0 Å². The van der Waals surface area contributed by atoms with Crippen LogP contribution in [0.25, 0.3) is 0 Å². The smallest absolute Gasteiger partial charge is 0.227 e. The van der Waals surface area contributed by atoms with E-state index in [4.69, 9.17) is 0 Å². The Hall–Kier alpha value is -2.37. The maximum atomic E-state index is 13.3. The van der Waals surface area contributed by atoms with E-state index in [2.05, 4.69) is 50.6 Å². The lowest BCUT2D eigenvalue weighted by Gasteiger charge is -2.36. The second-order valence-corrected chi connectivity index (χ2v) is 14.4. The van der Waals surface area contributed by atoms with E-state index in [1.54, 1.807) is 0 Å². The van der Waals surface area contributed by atoms with Gasteiger partial charge in [-0.1, -0.05) is 47.5 Å². The van der Waals surface area contributed by atoms with E-state index in [-0.39, 0.29) is 40.9 Å². The molecule has 0 heterocycles. The predicted octanol–water partition coefficient (Wildman–Crippen LogP) is 8.79. The van der Waals surface area contributed by atoms with E-state index >= 15 is 0 Å². The van der Waals surface area contributed by atoms with Crippen LogP contribution in [0.1, 0.15) is 125 Å². The summed E-state index contributed by atoms with van der Waals surface area (Å²) in [6.07, 6.45) is 14.4. The standard InChI is InChI=1S/C35H55N3O3/c1-6-23-8-12-25(13-9-23)32(39)36-29-20-30(37-33(40)26-14-10-24(7-2)11-15-26)22-31(21-29)38-34(41)27-16-18-28(19-17-27)35(3,4)5/h20-28H,6-19H2,1-5H3,(H,36,39)(H,37,40)(H,38,41)/t23-,24-,25+,26+,27-,28-. The molecule has 0 bridgehead atoms. The van der Waals surface area contributed by atoms with Crippen molar-refractivity contribution in [2.24, 2.45) is 40.9 Å². The van der Waals surface area contributed by atoms with E-state index in [0.29, 0.717) is 23.0 Å². The summed E-state index contributed by atoms with van der Waals surface area (Å²) in [4.78, 5) is 39.7. The summed E-state index contributed by atoms with van der Waals surface area (Å²) in [5.41, 5.74) is 2.16. The summed E-state index contributed by atoms with van der Waals surface area (Å²) in [6.45, 7) is 11.3. The summed E-state index contributed by atoms with van der Waals surface area (Å²) < 4.78 is 0. The summed E-state index contributed by atoms with van der Waals surface area (Å²) in [7, 11) is 0. The summed E-state index contributed by atoms with van der Waals surface area (Å²) in [5, 5.41) is 9.39. The number of rotatable bonds is 8. The highest BCUT2D eigenvalue weighted by Gasteiger charge is 2.33. The van der Waals surface area contributed by atoms with Crippen molar-refractivity contribution in [3.05, 3.63) is 18.2 Å². The number of anilines is 3. The largest absolute Gasteiger partial charge is 0.326 e. The molecule has 228 valence electrons. The molecule has 0 aliphatic heterocycles. The second-order valence-electron chi connectivity index (χ2n) is 14.4. The van der Waals surface area contributed by atoms with E-state index in [9.17, 15) is 14.4 Å². The summed E-state index contributed by atoms with van der Waals surface area (Å²) in [5.74, 6) is 2.24. The monoisotopic (exact) mass is 565 g/mol. The molecule has 1 aromatic carbocycles. The Bertz CT molecular complexity index is 981. The van der Waals surface area contributed by atoms with Crippen LogP contribution in [0.3, 0.4) is 0 Å². The highest BCUT2D eigenvalue weighted by molar-refractivity contribution is 5.99. The molecular weight excluding hydrogens is 510 g/mol. The zero-order chi connectivity index (χ0) is 29.6. The van der Waals surface area contributed by atoms with Gasteiger partial charge >= 0.3 is 0 Å². The maximum Gasteiger partial charge on any atom is 0.227 e. The first kappa shape index (κ1) is 31.6. The average Bonchev–Trinajstić information content (AvgIpc) is 2.96. The Kier molecular flexibility index (Phi) is 10.9. The Morgan fingerprint density at radius 2 is 0.854 bits per heavy atom. The summed E-state index contributed by atoms with van der Waals surface area (Å²) in [6, 6.07) is 5.53. The lowest BCUT2D eigenvalue weighted by Crippen LogP contribution is -2.31. The third-order valence-corrected chi connectivity index (χ3v) is 10.6. The third-order valence-electron chi connectivity index (χ3n) is 10.6. The molecular formula is C35H55N3O3. The highest BCUT2D eigenvalue weighted by Crippen LogP contribution is 2.40. The van der Waals surface area contributed by atoms with Crippen LogP contribution < -0.4 is 16.0 Å². The van der Waals surface area contributed by atoms with Crippen LogP contribution in [0.2, 0.25) is 0 Å². The molecule has 1 aromatic rings. The minimum atomic E-state index is -0.00705. The lowest BCUT2D eigenvalue weighted by atomic mass is 9.69. The van der Waals surface area contributed by atoms with Crippen LogP contribution >= 0.6 is 0 Å². The molecule has 4 rings (SSSR count). The van der Waals surface area contributed by atoms with Crippen molar-refractivity contribution >= 4 is 34.8 Å².